The standard InChI is InChI=1S/C23H25N3O2/c1-2-17-10-12-18(13-11-17)22-21(23(28)25-14-6-9-20(27)15-25)16-26(24-22)19-7-4-3-5-8-19/h3-5,7-8,10-13,16,20,27H,2,6,9,14-15H2,1H3. The highest BCUT2D eigenvalue weighted by Gasteiger charge is 2.27. The summed E-state index contributed by atoms with van der Waals surface area (Å²) < 4.78 is 1.76. The summed E-state index contributed by atoms with van der Waals surface area (Å²) in [5.74, 6) is -0.0736. The summed E-state index contributed by atoms with van der Waals surface area (Å²) in [6.45, 7) is 3.17. The van der Waals surface area contributed by atoms with Gasteiger partial charge in [-0.1, -0.05) is 49.4 Å². The molecule has 1 amide bonds. The van der Waals surface area contributed by atoms with Crippen molar-refractivity contribution in [1.82, 2.24) is 14.7 Å². The largest absolute Gasteiger partial charge is 0.391 e. The van der Waals surface area contributed by atoms with Gasteiger partial charge in [0.1, 0.15) is 5.69 Å². The van der Waals surface area contributed by atoms with Crippen molar-refractivity contribution in [3.8, 4) is 16.9 Å². The van der Waals surface area contributed by atoms with Crippen LogP contribution in [-0.2, 0) is 6.42 Å². The zero-order valence-electron chi connectivity index (χ0n) is 16.1. The van der Waals surface area contributed by atoms with Gasteiger partial charge in [-0.2, -0.15) is 5.10 Å². The van der Waals surface area contributed by atoms with Crippen LogP contribution < -0.4 is 0 Å². The van der Waals surface area contributed by atoms with Crippen LogP contribution in [0.3, 0.4) is 0 Å². The molecule has 144 valence electrons. The first-order chi connectivity index (χ1) is 13.7. The average Bonchev–Trinajstić information content (AvgIpc) is 3.19. The highest BCUT2D eigenvalue weighted by Crippen LogP contribution is 2.26. The minimum absolute atomic E-state index is 0.0736. The third-order valence-corrected chi connectivity index (χ3v) is 5.28. The van der Waals surface area contributed by atoms with E-state index < -0.39 is 6.10 Å². The molecule has 1 aliphatic heterocycles. The van der Waals surface area contributed by atoms with Gasteiger partial charge in [-0.25, -0.2) is 4.68 Å². The minimum Gasteiger partial charge on any atom is -0.391 e. The van der Waals surface area contributed by atoms with Crippen molar-refractivity contribution < 1.29 is 9.90 Å². The Hall–Kier alpha value is -2.92. The molecule has 1 N–H and O–H groups in total. The summed E-state index contributed by atoms with van der Waals surface area (Å²) in [5, 5.41) is 14.7. The topological polar surface area (TPSA) is 58.4 Å². The average molecular weight is 375 g/mol. The maximum absolute atomic E-state index is 13.3. The van der Waals surface area contributed by atoms with E-state index in [4.69, 9.17) is 5.10 Å². The Labute approximate surface area is 165 Å². The molecule has 1 aromatic heterocycles. The van der Waals surface area contributed by atoms with E-state index in [2.05, 4.69) is 19.1 Å². The van der Waals surface area contributed by atoms with Gasteiger partial charge in [0, 0.05) is 24.8 Å². The minimum atomic E-state index is -0.450. The summed E-state index contributed by atoms with van der Waals surface area (Å²) in [5.41, 5.74) is 4.33. The number of benzene rings is 2. The zero-order valence-corrected chi connectivity index (χ0v) is 16.1. The van der Waals surface area contributed by atoms with E-state index in [0.29, 0.717) is 24.3 Å². The highest BCUT2D eigenvalue weighted by atomic mass is 16.3. The Balaban J connectivity index is 1.76. The lowest BCUT2D eigenvalue weighted by atomic mass is 10.0. The van der Waals surface area contributed by atoms with E-state index in [9.17, 15) is 9.90 Å². The number of β-amino-alcohol motifs (C(OH)–C–C–N with tert-alkyl or cyclic N) is 1. The molecule has 1 unspecified atom stereocenters. The second kappa shape index (κ2) is 7.98. The first-order valence-corrected chi connectivity index (χ1v) is 9.87. The first kappa shape index (κ1) is 18.4. The normalized spacial score (nSPS) is 16.9. The Morgan fingerprint density at radius 2 is 1.89 bits per heavy atom. The van der Waals surface area contributed by atoms with E-state index in [-0.39, 0.29) is 5.91 Å². The molecule has 3 aromatic rings. The van der Waals surface area contributed by atoms with Crippen LogP contribution in [0.1, 0.15) is 35.7 Å². The molecule has 5 nitrogen and oxygen atoms in total. The monoisotopic (exact) mass is 375 g/mol. The number of rotatable bonds is 4. The summed E-state index contributed by atoms with van der Waals surface area (Å²) in [6, 6.07) is 18.0. The number of aliphatic hydroxyl groups is 1. The molecule has 1 saturated heterocycles. The van der Waals surface area contributed by atoms with Crippen molar-refractivity contribution in [3.63, 3.8) is 0 Å². The number of aryl methyl sites for hydroxylation is 1. The van der Waals surface area contributed by atoms with Crippen molar-refractivity contribution in [2.45, 2.75) is 32.3 Å². The number of aromatic nitrogens is 2. The van der Waals surface area contributed by atoms with Gasteiger partial charge in [0.25, 0.3) is 5.91 Å². The van der Waals surface area contributed by atoms with Crippen molar-refractivity contribution >= 4 is 5.91 Å². The molecular weight excluding hydrogens is 350 g/mol. The fourth-order valence-electron chi connectivity index (χ4n) is 3.66. The van der Waals surface area contributed by atoms with Gasteiger partial charge in [-0.3, -0.25) is 4.79 Å². The molecule has 4 rings (SSSR count). The lowest BCUT2D eigenvalue weighted by molar-refractivity contribution is 0.0474. The molecule has 28 heavy (non-hydrogen) atoms. The van der Waals surface area contributed by atoms with Crippen LogP contribution in [0.5, 0.6) is 0 Å². The number of amides is 1. The van der Waals surface area contributed by atoms with E-state index in [1.165, 1.54) is 5.56 Å². The quantitative estimate of drug-likeness (QED) is 0.756. The van der Waals surface area contributed by atoms with Crippen LogP contribution in [0.4, 0.5) is 0 Å². The highest BCUT2D eigenvalue weighted by molar-refractivity contribution is 6.00. The molecule has 0 radical (unpaired) electrons. The molecule has 1 fully saturated rings. The lowest BCUT2D eigenvalue weighted by Gasteiger charge is -2.30. The third-order valence-electron chi connectivity index (χ3n) is 5.28. The fraction of sp³-hybridized carbons (Fsp3) is 0.304. The first-order valence-electron chi connectivity index (χ1n) is 9.87. The maximum Gasteiger partial charge on any atom is 0.257 e. The summed E-state index contributed by atoms with van der Waals surface area (Å²) in [4.78, 5) is 15.0. The van der Waals surface area contributed by atoms with Gasteiger partial charge >= 0.3 is 0 Å². The molecule has 2 aromatic carbocycles. The zero-order chi connectivity index (χ0) is 19.5. The second-order valence-corrected chi connectivity index (χ2v) is 7.27. The van der Waals surface area contributed by atoms with Crippen LogP contribution in [-0.4, -0.2) is 44.9 Å². The van der Waals surface area contributed by atoms with Crippen molar-refractivity contribution in [2.75, 3.05) is 13.1 Å². The van der Waals surface area contributed by atoms with Crippen LogP contribution in [0, 0.1) is 0 Å². The van der Waals surface area contributed by atoms with Crippen LogP contribution in [0.25, 0.3) is 16.9 Å². The number of carbonyl (C=O) groups is 1. The fourth-order valence-corrected chi connectivity index (χ4v) is 3.66. The van der Waals surface area contributed by atoms with E-state index in [0.717, 1.165) is 30.5 Å². The molecule has 1 aliphatic rings. The van der Waals surface area contributed by atoms with Crippen molar-refractivity contribution in [1.29, 1.82) is 0 Å². The molecule has 0 aliphatic carbocycles. The Kier molecular flexibility index (Phi) is 5.26. The summed E-state index contributed by atoms with van der Waals surface area (Å²) >= 11 is 0. The molecule has 5 heteroatoms. The van der Waals surface area contributed by atoms with Gasteiger partial charge in [0.05, 0.1) is 17.4 Å². The number of carbonyl (C=O) groups excluding carboxylic acids is 1. The number of nitrogens with zero attached hydrogens (tertiary/aromatic N) is 3. The third kappa shape index (κ3) is 3.71. The molecule has 2 heterocycles. The van der Waals surface area contributed by atoms with Gasteiger partial charge in [0.2, 0.25) is 0 Å². The van der Waals surface area contributed by atoms with Crippen LogP contribution in [0.15, 0.2) is 60.8 Å². The molecule has 0 bridgehead atoms. The Bertz CT molecular complexity index is 948. The Morgan fingerprint density at radius 3 is 2.57 bits per heavy atom. The number of likely N-dealkylation sites (tertiary alicyclic amines) is 1. The van der Waals surface area contributed by atoms with Crippen LogP contribution in [0.2, 0.25) is 0 Å². The molecule has 1 atom stereocenters. The van der Waals surface area contributed by atoms with Gasteiger partial charge < -0.3 is 10.0 Å². The molecular formula is C23H25N3O2. The summed E-state index contributed by atoms with van der Waals surface area (Å²) in [7, 11) is 0. The predicted octanol–water partition coefficient (Wildman–Crippen LogP) is 3.70. The van der Waals surface area contributed by atoms with E-state index in [1.54, 1.807) is 9.58 Å². The van der Waals surface area contributed by atoms with Crippen LogP contribution >= 0.6 is 0 Å². The van der Waals surface area contributed by atoms with E-state index >= 15 is 0 Å². The van der Waals surface area contributed by atoms with Gasteiger partial charge in [0.15, 0.2) is 0 Å². The number of para-hydroxylation sites is 1. The smallest absolute Gasteiger partial charge is 0.257 e. The SMILES string of the molecule is CCc1ccc(-c2nn(-c3ccccc3)cc2C(=O)N2CCCC(O)C2)cc1. The van der Waals surface area contributed by atoms with Gasteiger partial charge in [-0.05, 0) is 37.0 Å². The van der Waals surface area contributed by atoms with E-state index in [1.807, 2.05) is 48.7 Å². The molecule has 0 spiro atoms. The van der Waals surface area contributed by atoms with Crippen molar-refractivity contribution in [2.24, 2.45) is 0 Å². The summed E-state index contributed by atoms with van der Waals surface area (Å²) in [6.07, 6.45) is 3.89. The number of piperidine rings is 1. The number of hydrogen-bond donors (Lipinski definition) is 1. The Morgan fingerprint density at radius 1 is 1.14 bits per heavy atom. The maximum atomic E-state index is 13.3. The second-order valence-electron chi connectivity index (χ2n) is 7.27. The number of aliphatic hydroxyl groups excluding tert-OH is 1. The molecule has 0 saturated carbocycles. The lowest BCUT2D eigenvalue weighted by Crippen LogP contribution is -2.42. The van der Waals surface area contributed by atoms with Crippen molar-refractivity contribution in [3.05, 3.63) is 71.9 Å². The van der Waals surface area contributed by atoms with Gasteiger partial charge in [-0.15, -0.1) is 0 Å². The predicted molar refractivity (Wildman–Crippen MR) is 110 cm³/mol. The number of hydrogen-bond acceptors (Lipinski definition) is 3.